The van der Waals surface area contributed by atoms with Gasteiger partial charge in [-0.1, -0.05) is 25.1 Å². The first kappa shape index (κ1) is 13.4. The maximum atomic E-state index is 11.3. The molecule has 1 rings (SSSR count). The van der Waals surface area contributed by atoms with Gasteiger partial charge >= 0.3 is 0 Å². The predicted octanol–water partition coefficient (Wildman–Crippen LogP) is 3.29. The van der Waals surface area contributed by atoms with Gasteiger partial charge in [0.1, 0.15) is 5.78 Å². The molecule has 17 heavy (non-hydrogen) atoms. The Balaban J connectivity index is 2.52. The van der Waals surface area contributed by atoms with Gasteiger partial charge in [-0.15, -0.1) is 0 Å². The van der Waals surface area contributed by atoms with Crippen LogP contribution in [0.4, 0.5) is 5.69 Å². The molecule has 0 radical (unpaired) electrons. The second kappa shape index (κ2) is 6.78. The van der Waals surface area contributed by atoms with Crippen molar-refractivity contribution in [1.29, 1.82) is 0 Å². The van der Waals surface area contributed by atoms with Gasteiger partial charge in [0.15, 0.2) is 0 Å². The minimum Gasteiger partial charge on any atom is -0.300 e. The van der Waals surface area contributed by atoms with Crippen LogP contribution in [0.1, 0.15) is 38.2 Å². The molecule has 1 aromatic carbocycles. The van der Waals surface area contributed by atoms with E-state index in [4.69, 9.17) is 0 Å². The van der Waals surface area contributed by atoms with Crippen LogP contribution in [0.5, 0.6) is 0 Å². The summed E-state index contributed by atoms with van der Waals surface area (Å²) < 4.78 is 0. The zero-order chi connectivity index (χ0) is 12.7. The quantitative estimate of drug-likeness (QED) is 0.538. The summed E-state index contributed by atoms with van der Waals surface area (Å²) in [6, 6.07) is 6.70. The molecule has 0 bridgehead atoms. The van der Waals surface area contributed by atoms with Crippen LogP contribution in [0, 0.1) is 10.1 Å². The number of carbonyl (C=O) groups is 1. The molecule has 4 nitrogen and oxygen atoms in total. The molecule has 92 valence electrons. The molecular weight excluding hydrogens is 218 g/mol. The Morgan fingerprint density at radius 1 is 1.29 bits per heavy atom. The van der Waals surface area contributed by atoms with E-state index in [-0.39, 0.29) is 16.4 Å². The number of nitro groups is 1. The molecule has 0 amide bonds. The van der Waals surface area contributed by atoms with E-state index in [1.165, 1.54) is 6.07 Å². The van der Waals surface area contributed by atoms with Gasteiger partial charge in [0.05, 0.1) is 4.92 Å². The molecule has 0 heterocycles. The van der Waals surface area contributed by atoms with Gasteiger partial charge in [0, 0.05) is 24.5 Å². The lowest BCUT2D eigenvalue weighted by Gasteiger charge is -2.02. The zero-order valence-corrected chi connectivity index (χ0v) is 10.0. The summed E-state index contributed by atoms with van der Waals surface area (Å²) in [5.41, 5.74) is 0.859. The van der Waals surface area contributed by atoms with Crippen molar-refractivity contribution >= 4 is 11.5 Å². The summed E-state index contributed by atoms with van der Waals surface area (Å²) >= 11 is 0. The molecule has 0 aliphatic heterocycles. The Labute approximate surface area is 101 Å². The van der Waals surface area contributed by atoms with Crippen molar-refractivity contribution < 1.29 is 9.72 Å². The average Bonchev–Trinajstić information content (AvgIpc) is 2.30. The third kappa shape index (κ3) is 4.34. The van der Waals surface area contributed by atoms with Crippen molar-refractivity contribution in [3.63, 3.8) is 0 Å². The van der Waals surface area contributed by atoms with Crippen molar-refractivity contribution in [1.82, 2.24) is 0 Å². The summed E-state index contributed by atoms with van der Waals surface area (Å²) in [4.78, 5) is 21.7. The van der Waals surface area contributed by atoms with E-state index in [1.807, 2.05) is 6.92 Å². The van der Waals surface area contributed by atoms with Crippen molar-refractivity contribution in [2.45, 2.75) is 39.0 Å². The number of para-hydroxylation sites is 1. The molecule has 0 aliphatic carbocycles. The number of nitro benzene ring substituents is 1. The van der Waals surface area contributed by atoms with Crippen molar-refractivity contribution in [3.8, 4) is 0 Å². The third-order valence-electron chi connectivity index (χ3n) is 2.62. The summed E-state index contributed by atoms with van der Waals surface area (Å²) in [5.74, 6) is 0.242. The van der Waals surface area contributed by atoms with Crippen LogP contribution in [0.2, 0.25) is 0 Å². The first-order chi connectivity index (χ1) is 8.15. The maximum absolute atomic E-state index is 11.3. The SMILES string of the molecule is CCCC(=O)CCCc1ccccc1[N+](=O)[O-]. The number of Topliss-reactive ketones (excluding diaryl/α,β-unsaturated/α-hetero) is 1. The smallest absolute Gasteiger partial charge is 0.272 e. The van der Waals surface area contributed by atoms with Gasteiger partial charge < -0.3 is 0 Å². The van der Waals surface area contributed by atoms with Crippen LogP contribution >= 0.6 is 0 Å². The average molecular weight is 235 g/mol. The Hall–Kier alpha value is -1.71. The van der Waals surface area contributed by atoms with Crippen molar-refractivity contribution in [2.75, 3.05) is 0 Å². The lowest BCUT2D eigenvalue weighted by atomic mass is 10.0. The van der Waals surface area contributed by atoms with Gasteiger partial charge in [-0.05, 0) is 19.3 Å². The number of carbonyl (C=O) groups excluding carboxylic acids is 1. The number of rotatable bonds is 7. The molecule has 0 aromatic heterocycles. The number of benzene rings is 1. The fraction of sp³-hybridized carbons (Fsp3) is 0.462. The Kier molecular flexibility index (Phi) is 5.33. The van der Waals surface area contributed by atoms with E-state index in [9.17, 15) is 14.9 Å². The maximum Gasteiger partial charge on any atom is 0.272 e. The van der Waals surface area contributed by atoms with E-state index in [0.29, 0.717) is 31.2 Å². The van der Waals surface area contributed by atoms with Crippen LogP contribution in [-0.2, 0) is 11.2 Å². The highest BCUT2D eigenvalue weighted by Gasteiger charge is 2.12. The number of nitrogens with zero attached hydrogens (tertiary/aromatic N) is 1. The van der Waals surface area contributed by atoms with Crippen molar-refractivity contribution in [3.05, 3.63) is 39.9 Å². The van der Waals surface area contributed by atoms with E-state index >= 15 is 0 Å². The molecule has 0 N–H and O–H groups in total. The molecule has 0 saturated carbocycles. The van der Waals surface area contributed by atoms with Crippen LogP contribution < -0.4 is 0 Å². The van der Waals surface area contributed by atoms with Crippen LogP contribution in [0.3, 0.4) is 0 Å². The topological polar surface area (TPSA) is 60.2 Å². The fourth-order valence-electron chi connectivity index (χ4n) is 1.78. The molecule has 0 spiro atoms. The van der Waals surface area contributed by atoms with Gasteiger partial charge in [-0.3, -0.25) is 14.9 Å². The summed E-state index contributed by atoms with van der Waals surface area (Å²) in [6.45, 7) is 1.97. The van der Waals surface area contributed by atoms with Gasteiger partial charge in [-0.25, -0.2) is 0 Å². The number of ketones is 1. The highest BCUT2D eigenvalue weighted by molar-refractivity contribution is 5.78. The van der Waals surface area contributed by atoms with Crippen LogP contribution in [-0.4, -0.2) is 10.7 Å². The zero-order valence-electron chi connectivity index (χ0n) is 10.0. The van der Waals surface area contributed by atoms with Gasteiger partial charge in [0.25, 0.3) is 5.69 Å². The predicted molar refractivity (Wildman–Crippen MR) is 65.9 cm³/mol. The van der Waals surface area contributed by atoms with E-state index in [2.05, 4.69) is 0 Å². The normalized spacial score (nSPS) is 10.2. The number of hydrogen-bond donors (Lipinski definition) is 0. The van der Waals surface area contributed by atoms with Gasteiger partial charge in [0.2, 0.25) is 0 Å². The highest BCUT2D eigenvalue weighted by atomic mass is 16.6. The highest BCUT2D eigenvalue weighted by Crippen LogP contribution is 2.19. The van der Waals surface area contributed by atoms with E-state index < -0.39 is 0 Å². The summed E-state index contributed by atoms with van der Waals surface area (Å²) in [7, 11) is 0. The first-order valence-electron chi connectivity index (χ1n) is 5.89. The molecule has 0 unspecified atom stereocenters. The number of hydrogen-bond acceptors (Lipinski definition) is 3. The Morgan fingerprint density at radius 2 is 2.00 bits per heavy atom. The third-order valence-corrected chi connectivity index (χ3v) is 2.62. The standard InChI is InChI=1S/C13H17NO3/c1-2-6-12(15)9-5-8-11-7-3-4-10-13(11)14(16)17/h3-4,7,10H,2,5-6,8-9H2,1H3. The molecule has 0 aliphatic rings. The second-order valence-electron chi connectivity index (χ2n) is 4.03. The van der Waals surface area contributed by atoms with E-state index in [0.717, 1.165) is 6.42 Å². The largest absolute Gasteiger partial charge is 0.300 e. The summed E-state index contributed by atoms with van der Waals surface area (Å²) in [5, 5.41) is 10.8. The van der Waals surface area contributed by atoms with Crippen LogP contribution in [0.25, 0.3) is 0 Å². The van der Waals surface area contributed by atoms with Crippen LogP contribution in [0.15, 0.2) is 24.3 Å². The van der Waals surface area contributed by atoms with Gasteiger partial charge in [-0.2, -0.15) is 0 Å². The van der Waals surface area contributed by atoms with Crippen molar-refractivity contribution in [2.24, 2.45) is 0 Å². The minimum atomic E-state index is -0.372. The van der Waals surface area contributed by atoms with E-state index in [1.54, 1.807) is 18.2 Å². The fourth-order valence-corrected chi connectivity index (χ4v) is 1.78. The Bertz CT molecular complexity index is 401. The molecular formula is C13H17NO3. The second-order valence-corrected chi connectivity index (χ2v) is 4.03. The molecule has 4 heteroatoms. The minimum absolute atomic E-state index is 0.149. The monoisotopic (exact) mass is 235 g/mol. The Morgan fingerprint density at radius 3 is 2.65 bits per heavy atom. The first-order valence-corrected chi connectivity index (χ1v) is 5.89. The number of aryl methyl sites for hydroxylation is 1. The lowest BCUT2D eigenvalue weighted by Crippen LogP contribution is -2.00. The molecule has 0 atom stereocenters. The summed E-state index contributed by atoms with van der Waals surface area (Å²) in [6.07, 6.45) is 3.26. The molecule has 0 saturated heterocycles. The molecule has 0 fully saturated rings. The molecule has 1 aromatic rings. The lowest BCUT2D eigenvalue weighted by molar-refractivity contribution is -0.385.